The summed E-state index contributed by atoms with van der Waals surface area (Å²) in [6, 6.07) is 7.45. The molecule has 1 aliphatic heterocycles. The number of benzene rings is 1. The monoisotopic (exact) mass is 401 g/mol. The number of hydrogen-bond donors (Lipinski definition) is 2. The molecule has 9 heteroatoms. The summed E-state index contributed by atoms with van der Waals surface area (Å²) in [6.07, 6.45) is 0.604. The zero-order valence-corrected chi connectivity index (χ0v) is 15.7. The van der Waals surface area contributed by atoms with Crippen LogP contribution in [-0.2, 0) is 13.0 Å². The van der Waals surface area contributed by atoms with Crippen LogP contribution in [0.25, 0.3) is 11.3 Å². The van der Waals surface area contributed by atoms with Gasteiger partial charge in [-0.05, 0) is 49.2 Å². The van der Waals surface area contributed by atoms with Crippen LogP contribution in [0, 0.1) is 12.7 Å². The van der Waals surface area contributed by atoms with Gasteiger partial charge in [-0.3, -0.25) is 14.8 Å². The van der Waals surface area contributed by atoms with Gasteiger partial charge >= 0.3 is 0 Å². The average Bonchev–Trinajstić information content (AvgIpc) is 3.30. The highest BCUT2D eigenvalue weighted by atomic mass is 32.1. The van der Waals surface area contributed by atoms with Crippen LogP contribution < -0.4 is 5.48 Å². The van der Waals surface area contributed by atoms with Crippen molar-refractivity contribution in [2.45, 2.75) is 19.9 Å². The van der Waals surface area contributed by atoms with E-state index >= 15 is 0 Å². The van der Waals surface area contributed by atoms with Crippen LogP contribution in [0.1, 0.15) is 36.2 Å². The van der Waals surface area contributed by atoms with E-state index in [2.05, 4.69) is 5.16 Å². The fourth-order valence-corrected chi connectivity index (χ4v) is 4.36. The molecule has 0 aliphatic carbocycles. The third kappa shape index (κ3) is 3.19. The van der Waals surface area contributed by atoms with E-state index in [4.69, 9.17) is 9.73 Å². The third-order valence-electron chi connectivity index (χ3n) is 4.69. The van der Waals surface area contributed by atoms with E-state index in [9.17, 15) is 14.0 Å². The van der Waals surface area contributed by atoms with Crippen LogP contribution in [0.3, 0.4) is 0 Å². The second kappa shape index (κ2) is 7.17. The van der Waals surface area contributed by atoms with Crippen molar-refractivity contribution in [2.24, 2.45) is 0 Å². The number of nitrogens with one attached hydrogen (secondary N) is 1. The lowest BCUT2D eigenvalue weighted by atomic mass is 10.0. The number of hydroxylamine groups is 1. The van der Waals surface area contributed by atoms with Crippen molar-refractivity contribution in [1.82, 2.24) is 15.5 Å². The molecule has 2 amide bonds. The van der Waals surface area contributed by atoms with E-state index in [0.29, 0.717) is 47.0 Å². The summed E-state index contributed by atoms with van der Waals surface area (Å²) in [4.78, 5) is 27.8. The summed E-state index contributed by atoms with van der Waals surface area (Å²) < 4.78 is 18.5. The first-order valence-electron chi connectivity index (χ1n) is 8.55. The van der Waals surface area contributed by atoms with E-state index in [-0.39, 0.29) is 11.7 Å². The molecular formula is C19H16FN3O4S. The molecule has 0 unspecified atom stereocenters. The fourth-order valence-electron chi connectivity index (χ4n) is 3.25. The lowest BCUT2D eigenvalue weighted by molar-refractivity contribution is 0.0709. The Morgan fingerprint density at radius 3 is 2.79 bits per heavy atom. The molecule has 4 rings (SSSR count). The number of halogens is 1. The topological polar surface area (TPSA) is 95.7 Å². The zero-order chi connectivity index (χ0) is 19.8. The molecule has 28 heavy (non-hydrogen) atoms. The molecule has 0 saturated carbocycles. The minimum Gasteiger partial charge on any atom is -0.360 e. The van der Waals surface area contributed by atoms with Crippen LogP contribution in [0.4, 0.5) is 4.39 Å². The highest BCUT2D eigenvalue weighted by Crippen LogP contribution is 2.31. The number of thiophene rings is 1. The Hall–Kier alpha value is -3.04. The molecule has 144 valence electrons. The van der Waals surface area contributed by atoms with Crippen LogP contribution in [0.2, 0.25) is 0 Å². The van der Waals surface area contributed by atoms with Gasteiger partial charge in [0, 0.05) is 17.0 Å². The largest absolute Gasteiger partial charge is 0.360 e. The lowest BCUT2D eigenvalue weighted by Gasteiger charge is -2.26. The standard InChI is InChI=1S/C19H16FN3O4S/c1-10-16(17(22-27-10)11-2-4-13(20)5-3-11)19(25)23-7-6-12-8-14(18(24)21-26)28-15(12)9-23/h2-5,8,26H,6-7,9H2,1H3,(H,21,24). The van der Waals surface area contributed by atoms with E-state index in [1.165, 1.54) is 23.5 Å². The van der Waals surface area contributed by atoms with E-state index in [0.717, 1.165) is 10.4 Å². The molecule has 0 spiro atoms. The molecular weight excluding hydrogens is 385 g/mol. The SMILES string of the molecule is Cc1onc(-c2ccc(F)cc2)c1C(=O)N1CCc2cc(C(=O)NO)sc2C1. The van der Waals surface area contributed by atoms with Crippen LogP contribution >= 0.6 is 11.3 Å². The van der Waals surface area contributed by atoms with E-state index in [1.807, 2.05) is 0 Å². The molecule has 7 nitrogen and oxygen atoms in total. The van der Waals surface area contributed by atoms with Gasteiger partial charge in [-0.1, -0.05) is 5.16 Å². The third-order valence-corrected chi connectivity index (χ3v) is 5.85. The molecule has 1 aliphatic rings. The number of amides is 2. The Kier molecular flexibility index (Phi) is 4.70. The first-order valence-corrected chi connectivity index (χ1v) is 9.37. The maximum absolute atomic E-state index is 13.2. The summed E-state index contributed by atoms with van der Waals surface area (Å²) in [5.41, 5.74) is 3.94. The number of aryl methyl sites for hydroxylation is 1. The average molecular weight is 401 g/mol. The van der Waals surface area contributed by atoms with Crippen molar-refractivity contribution in [3.8, 4) is 11.3 Å². The second-order valence-corrected chi connectivity index (χ2v) is 7.58. The van der Waals surface area contributed by atoms with Gasteiger partial charge in [0.1, 0.15) is 22.8 Å². The number of fused-ring (bicyclic) bond motifs is 1. The second-order valence-electron chi connectivity index (χ2n) is 6.45. The maximum atomic E-state index is 13.2. The molecule has 0 radical (unpaired) electrons. The molecule has 0 saturated heterocycles. The molecule has 1 aromatic carbocycles. The molecule has 0 atom stereocenters. The van der Waals surface area contributed by atoms with Gasteiger partial charge in [-0.25, -0.2) is 9.87 Å². The molecule has 2 aromatic heterocycles. The highest BCUT2D eigenvalue weighted by molar-refractivity contribution is 7.14. The number of aromatic nitrogens is 1. The summed E-state index contributed by atoms with van der Waals surface area (Å²) in [5.74, 6) is -0.779. The quantitative estimate of drug-likeness (QED) is 0.519. The molecule has 0 fully saturated rings. The van der Waals surface area contributed by atoms with Crippen LogP contribution in [0.5, 0.6) is 0 Å². The van der Waals surface area contributed by atoms with E-state index in [1.54, 1.807) is 35.5 Å². The van der Waals surface area contributed by atoms with Crippen molar-refractivity contribution >= 4 is 23.2 Å². The van der Waals surface area contributed by atoms with Crippen molar-refractivity contribution in [2.75, 3.05) is 6.54 Å². The van der Waals surface area contributed by atoms with Crippen LogP contribution in [-0.4, -0.2) is 33.6 Å². The highest BCUT2D eigenvalue weighted by Gasteiger charge is 2.30. The zero-order valence-electron chi connectivity index (χ0n) is 14.9. The number of rotatable bonds is 3. The molecule has 0 bridgehead atoms. The fraction of sp³-hybridized carbons (Fsp3) is 0.211. The van der Waals surface area contributed by atoms with Gasteiger partial charge in [-0.2, -0.15) is 0 Å². The number of carbonyl (C=O) groups is 2. The Morgan fingerprint density at radius 1 is 1.32 bits per heavy atom. The Bertz CT molecular complexity index is 1060. The van der Waals surface area contributed by atoms with Crippen molar-refractivity contribution < 1.29 is 23.7 Å². The molecule has 2 N–H and O–H groups in total. The Balaban J connectivity index is 1.62. The van der Waals surface area contributed by atoms with Gasteiger partial charge in [0.05, 0.1) is 11.4 Å². The van der Waals surface area contributed by atoms with Crippen molar-refractivity contribution in [3.63, 3.8) is 0 Å². The van der Waals surface area contributed by atoms with Gasteiger partial charge in [0.2, 0.25) is 0 Å². The predicted octanol–water partition coefficient (Wildman–Crippen LogP) is 3.17. The minimum absolute atomic E-state index is 0.231. The molecule has 3 aromatic rings. The summed E-state index contributed by atoms with van der Waals surface area (Å²) in [7, 11) is 0. The van der Waals surface area contributed by atoms with Crippen LogP contribution in [0.15, 0.2) is 34.9 Å². The normalized spacial score (nSPS) is 13.3. The lowest BCUT2D eigenvalue weighted by Crippen LogP contribution is -2.35. The van der Waals surface area contributed by atoms with Gasteiger partial charge < -0.3 is 9.42 Å². The first-order chi connectivity index (χ1) is 13.5. The minimum atomic E-state index is -0.564. The number of hydrogen-bond acceptors (Lipinski definition) is 6. The maximum Gasteiger partial charge on any atom is 0.284 e. The Morgan fingerprint density at radius 2 is 2.07 bits per heavy atom. The molecule has 3 heterocycles. The summed E-state index contributed by atoms with van der Waals surface area (Å²) in [6.45, 7) is 2.50. The first kappa shape index (κ1) is 18.3. The Labute approximate surface area is 163 Å². The van der Waals surface area contributed by atoms with Crippen molar-refractivity contribution in [1.29, 1.82) is 0 Å². The summed E-state index contributed by atoms with van der Waals surface area (Å²) >= 11 is 1.25. The number of nitrogens with zero attached hydrogens (tertiary/aromatic N) is 2. The number of carbonyl (C=O) groups excluding carboxylic acids is 2. The van der Waals surface area contributed by atoms with E-state index < -0.39 is 5.91 Å². The van der Waals surface area contributed by atoms with Gasteiger partial charge in [0.15, 0.2) is 0 Å². The predicted molar refractivity (Wildman–Crippen MR) is 98.7 cm³/mol. The smallest absolute Gasteiger partial charge is 0.284 e. The van der Waals surface area contributed by atoms with Gasteiger partial charge in [-0.15, -0.1) is 11.3 Å². The van der Waals surface area contributed by atoms with Crippen molar-refractivity contribution in [3.05, 3.63) is 62.8 Å². The van der Waals surface area contributed by atoms with Gasteiger partial charge in [0.25, 0.3) is 11.8 Å². The summed E-state index contributed by atoms with van der Waals surface area (Å²) in [5, 5.41) is 12.8.